The van der Waals surface area contributed by atoms with Crippen LogP contribution in [0.1, 0.15) is 32.1 Å². The lowest BCUT2D eigenvalue weighted by atomic mass is 9.98. The lowest BCUT2D eigenvalue weighted by Gasteiger charge is -2.20. The number of aliphatic hydroxyl groups is 1. The quantitative estimate of drug-likeness (QED) is 0.790. The summed E-state index contributed by atoms with van der Waals surface area (Å²) in [7, 11) is 0. The van der Waals surface area contributed by atoms with Crippen molar-refractivity contribution in [2.75, 3.05) is 5.32 Å². The van der Waals surface area contributed by atoms with Crippen molar-refractivity contribution < 1.29 is 14.3 Å². The van der Waals surface area contributed by atoms with Gasteiger partial charge in [-0.3, -0.25) is 4.79 Å². The minimum absolute atomic E-state index is 0.0877. The number of anilines is 1. The highest BCUT2D eigenvalue weighted by atomic mass is 19.1. The average Bonchev–Trinajstić information content (AvgIpc) is 2.68. The Kier molecular flexibility index (Phi) is 3.38. The third kappa shape index (κ3) is 3.23. The molecule has 0 aromatic carbocycles. The first-order valence-corrected chi connectivity index (χ1v) is 5.71. The molecule has 1 fully saturated rings. The van der Waals surface area contributed by atoms with Gasteiger partial charge in [0.15, 0.2) is 0 Å². The molecule has 1 saturated carbocycles. The van der Waals surface area contributed by atoms with Gasteiger partial charge in [-0.05, 0) is 25.0 Å². The molecular formula is C12H15FN2O2. The maximum atomic E-state index is 12.5. The fraction of sp³-hybridized carbons (Fsp3) is 0.500. The second-order valence-corrected chi connectivity index (χ2v) is 4.53. The maximum Gasteiger partial charge on any atom is 0.227 e. The molecular weight excluding hydrogens is 223 g/mol. The third-order valence-corrected chi connectivity index (χ3v) is 3.04. The Hall–Kier alpha value is -1.49. The highest BCUT2D eigenvalue weighted by Gasteiger charge is 2.33. The molecule has 1 aromatic heterocycles. The second-order valence-electron chi connectivity index (χ2n) is 4.53. The molecule has 1 aromatic rings. The van der Waals surface area contributed by atoms with E-state index in [2.05, 4.69) is 10.3 Å². The van der Waals surface area contributed by atoms with Crippen molar-refractivity contribution >= 4 is 11.6 Å². The predicted octanol–water partition coefficient (Wildman–Crippen LogP) is 1.85. The van der Waals surface area contributed by atoms with Crippen LogP contribution in [-0.2, 0) is 4.79 Å². The number of rotatable bonds is 3. The zero-order valence-corrected chi connectivity index (χ0v) is 9.45. The number of aromatic nitrogens is 1. The number of hydrogen-bond donors (Lipinski definition) is 2. The molecule has 1 aliphatic rings. The molecule has 0 radical (unpaired) electrons. The van der Waals surface area contributed by atoms with Gasteiger partial charge in [-0.15, -0.1) is 0 Å². The third-order valence-electron chi connectivity index (χ3n) is 3.04. The number of amides is 1. The van der Waals surface area contributed by atoms with Crippen molar-refractivity contribution in [3.05, 3.63) is 24.3 Å². The summed E-state index contributed by atoms with van der Waals surface area (Å²) in [6.07, 6.45) is 4.60. The summed E-state index contributed by atoms with van der Waals surface area (Å²) in [5.41, 5.74) is -0.421. The topological polar surface area (TPSA) is 62.2 Å². The molecule has 2 rings (SSSR count). The van der Waals surface area contributed by atoms with E-state index in [1.807, 2.05) is 0 Å². The number of nitrogens with one attached hydrogen (secondary N) is 1. The maximum absolute atomic E-state index is 12.5. The smallest absolute Gasteiger partial charge is 0.227 e. The van der Waals surface area contributed by atoms with Crippen LogP contribution in [0.15, 0.2) is 18.3 Å². The van der Waals surface area contributed by atoms with E-state index in [1.165, 1.54) is 18.3 Å². The van der Waals surface area contributed by atoms with E-state index in [-0.39, 0.29) is 12.3 Å². The van der Waals surface area contributed by atoms with Crippen LogP contribution < -0.4 is 5.32 Å². The molecule has 0 saturated heterocycles. The molecule has 0 bridgehead atoms. The second kappa shape index (κ2) is 4.79. The fourth-order valence-corrected chi connectivity index (χ4v) is 2.16. The van der Waals surface area contributed by atoms with Gasteiger partial charge in [0.2, 0.25) is 11.9 Å². The first-order valence-electron chi connectivity index (χ1n) is 5.71. The lowest BCUT2D eigenvalue weighted by molar-refractivity contribution is -0.120. The Bertz CT molecular complexity index is 399. The van der Waals surface area contributed by atoms with Crippen LogP contribution in [0.5, 0.6) is 0 Å². The zero-order valence-electron chi connectivity index (χ0n) is 9.45. The van der Waals surface area contributed by atoms with Gasteiger partial charge in [0.25, 0.3) is 0 Å². The largest absolute Gasteiger partial charge is 0.389 e. The number of halogens is 1. The first kappa shape index (κ1) is 12.0. The minimum atomic E-state index is -0.864. The van der Waals surface area contributed by atoms with Crippen LogP contribution in [0.2, 0.25) is 0 Å². The summed E-state index contributed by atoms with van der Waals surface area (Å²) >= 11 is 0. The van der Waals surface area contributed by atoms with Crippen molar-refractivity contribution in [3.8, 4) is 0 Å². The molecule has 0 atom stereocenters. The highest BCUT2D eigenvalue weighted by Crippen LogP contribution is 2.32. The predicted molar refractivity (Wildman–Crippen MR) is 60.9 cm³/mol. The lowest BCUT2D eigenvalue weighted by Crippen LogP contribution is -2.30. The molecule has 1 amide bonds. The van der Waals surface area contributed by atoms with E-state index < -0.39 is 11.5 Å². The minimum Gasteiger partial charge on any atom is -0.389 e. The van der Waals surface area contributed by atoms with E-state index in [0.29, 0.717) is 18.5 Å². The van der Waals surface area contributed by atoms with Crippen LogP contribution in [0.3, 0.4) is 0 Å². The van der Waals surface area contributed by atoms with Crippen molar-refractivity contribution in [2.24, 2.45) is 0 Å². The average molecular weight is 238 g/mol. The fourth-order valence-electron chi connectivity index (χ4n) is 2.16. The summed E-state index contributed by atoms with van der Waals surface area (Å²) in [5, 5.41) is 12.6. The Labute approximate surface area is 98.9 Å². The van der Waals surface area contributed by atoms with Gasteiger partial charge in [0, 0.05) is 0 Å². The van der Waals surface area contributed by atoms with E-state index in [9.17, 15) is 14.3 Å². The number of nitrogens with zero attached hydrogens (tertiary/aromatic N) is 1. The van der Waals surface area contributed by atoms with Gasteiger partial charge in [0.1, 0.15) is 0 Å². The number of pyridine rings is 1. The monoisotopic (exact) mass is 238 g/mol. The summed E-state index contributed by atoms with van der Waals surface area (Å²) in [6, 6.07) is 2.62. The normalized spacial score (nSPS) is 18.0. The molecule has 92 valence electrons. The van der Waals surface area contributed by atoms with Crippen molar-refractivity contribution in [1.82, 2.24) is 4.98 Å². The van der Waals surface area contributed by atoms with Gasteiger partial charge in [-0.2, -0.15) is 4.39 Å². The van der Waals surface area contributed by atoms with Crippen LogP contribution in [0.25, 0.3) is 0 Å². The first-order chi connectivity index (χ1) is 8.07. The summed E-state index contributed by atoms with van der Waals surface area (Å²) in [6.45, 7) is 0. The van der Waals surface area contributed by atoms with Crippen molar-refractivity contribution in [1.29, 1.82) is 0 Å². The Morgan fingerprint density at radius 2 is 2.18 bits per heavy atom. The molecule has 0 spiro atoms. The summed E-state index contributed by atoms with van der Waals surface area (Å²) in [4.78, 5) is 15.1. The summed E-state index contributed by atoms with van der Waals surface area (Å²) < 4.78 is 12.5. The Morgan fingerprint density at radius 1 is 1.47 bits per heavy atom. The van der Waals surface area contributed by atoms with Crippen LogP contribution in [0.4, 0.5) is 10.1 Å². The highest BCUT2D eigenvalue weighted by molar-refractivity contribution is 5.91. The summed E-state index contributed by atoms with van der Waals surface area (Å²) in [5.74, 6) is -0.847. The SMILES string of the molecule is O=C(CC1(O)CCCC1)Nc1ccc(F)nc1. The van der Waals surface area contributed by atoms with Gasteiger partial charge >= 0.3 is 0 Å². The molecule has 0 aliphatic heterocycles. The van der Waals surface area contributed by atoms with Gasteiger partial charge < -0.3 is 10.4 Å². The molecule has 4 nitrogen and oxygen atoms in total. The molecule has 17 heavy (non-hydrogen) atoms. The van der Waals surface area contributed by atoms with Gasteiger partial charge in [-0.1, -0.05) is 12.8 Å². The van der Waals surface area contributed by atoms with Crippen LogP contribution in [0, 0.1) is 5.95 Å². The van der Waals surface area contributed by atoms with E-state index in [1.54, 1.807) is 0 Å². The molecule has 1 heterocycles. The van der Waals surface area contributed by atoms with Gasteiger partial charge in [0.05, 0.1) is 23.9 Å². The number of hydrogen-bond acceptors (Lipinski definition) is 3. The van der Waals surface area contributed by atoms with Crippen LogP contribution in [-0.4, -0.2) is 21.6 Å². The van der Waals surface area contributed by atoms with Crippen molar-refractivity contribution in [2.45, 2.75) is 37.7 Å². The molecule has 1 aliphatic carbocycles. The Morgan fingerprint density at radius 3 is 2.76 bits per heavy atom. The van der Waals surface area contributed by atoms with E-state index in [4.69, 9.17) is 0 Å². The van der Waals surface area contributed by atoms with Crippen LogP contribution >= 0.6 is 0 Å². The van der Waals surface area contributed by atoms with E-state index in [0.717, 1.165) is 12.8 Å². The standard InChI is InChI=1S/C12H15FN2O2/c13-10-4-3-9(8-14-10)15-11(16)7-12(17)5-1-2-6-12/h3-4,8,17H,1-2,5-7H2,(H,15,16). The Balaban J connectivity index is 1.91. The number of carbonyl (C=O) groups excluding carboxylic acids is 1. The zero-order chi connectivity index (χ0) is 12.3. The molecule has 5 heteroatoms. The molecule has 0 unspecified atom stereocenters. The number of carbonyl (C=O) groups is 1. The molecule has 2 N–H and O–H groups in total. The van der Waals surface area contributed by atoms with Gasteiger partial charge in [-0.25, -0.2) is 4.98 Å². The van der Waals surface area contributed by atoms with Crippen molar-refractivity contribution in [3.63, 3.8) is 0 Å². The van der Waals surface area contributed by atoms with E-state index >= 15 is 0 Å².